The van der Waals surface area contributed by atoms with E-state index in [1.165, 1.54) is 12.1 Å². The lowest BCUT2D eigenvalue weighted by Crippen LogP contribution is -2.57. The number of nitrogens with zero attached hydrogens (tertiary/aromatic N) is 1. The predicted molar refractivity (Wildman–Crippen MR) is 211 cm³/mol. The number of fused-ring (bicyclic) bond motifs is 1. The fourth-order valence-electron chi connectivity index (χ4n) is 7.47. The second kappa shape index (κ2) is 21.2. The molecule has 0 bridgehead atoms. The van der Waals surface area contributed by atoms with Gasteiger partial charge in [-0.1, -0.05) is 96.2 Å². The minimum absolute atomic E-state index is 0. The van der Waals surface area contributed by atoms with Gasteiger partial charge in [0.05, 0.1) is 34.1 Å². The van der Waals surface area contributed by atoms with E-state index in [0.717, 1.165) is 43.7 Å². The lowest BCUT2D eigenvalue weighted by Gasteiger charge is -2.32. The summed E-state index contributed by atoms with van der Waals surface area (Å²) in [6.45, 7) is 8.23. The average Bonchev–Trinajstić information content (AvgIpc) is 3.38. The quantitative estimate of drug-likeness (QED) is 0.103. The Labute approximate surface area is 329 Å². The van der Waals surface area contributed by atoms with Gasteiger partial charge >= 0.3 is 0 Å². The smallest absolute Gasteiger partial charge is 0.270 e. The van der Waals surface area contributed by atoms with Gasteiger partial charge in [0, 0.05) is 37.4 Å². The molecule has 0 spiro atoms. The van der Waals surface area contributed by atoms with Crippen LogP contribution in [0.5, 0.6) is 0 Å². The van der Waals surface area contributed by atoms with E-state index in [4.69, 9.17) is 0 Å². The molecule has 7 N–H and O–H groups in total. The van der Waals surface area contributed by atoms with Crippen molar-refractivity contribution < 1.29 is 43.1 Å². The van der Waals surface area contributed by atoms with Gasteiger partial charge in [0.15, 0.2) is 9.84 Å². The van der Waals surface area contributed by atoms with Crippen LogP contribution in [0.25, 0.3) is 0 Å². The Morgan fingerprint density at radius 3 is 2.16 bits per heavy atom. The van der Waals surface area contributed by atoms with Crippen LogP contribution < -0.4 is 21.3 Å². The van der Waals surface area contributed by atoms with Gasteiger partial charge in [0.1, 0.15) is 12.1 Å². The van der Waals surface area contributed by atoms with E-state index in [-0.39, 0.29) is 65.4 Å². The highest BCUT2D eigenvalue weighted by molar-refractivity contribution is 7.91. The van der Waals surface area contributed by atoms with E-state index >= 15 is 0 Å². The highest BCUT2D eigenvalue weighted by Gasteiger charge is 2.38. The summed E-state index contributed by atoms with van der Waals surface area (Å²) in [6.07, 6.45) is 4.39. The van der Waals surface area contributed by atoms with Crippen molar-refractivity contribution in [2.45, 2.75) is 127 Å². The van der Waals surface area contributed by atoms with Crippen LogP contribution in [-0.4, -0.2) is 84.1 Å². The number of aliphatic hydroxyl groups excluding tert-OH is 1. The van der Waals surface area contributed by atoms with Crippen molar-refractivity contribution >= 4 is 39.2 Å². The molecule has 15 nitrogen and oxygen atoms in total. The molecule has 4 amide bonds. The van der Waals surface area contributed by atoms with Crippen molar-refractivity contribution in [3.8, 4) is 0 Å². The number of carbonyl (C=O) groups excluding carboxylic acids is 4. The van der Waals surface area contributed by atoms with E-state index in [1.54, 1.807) is 24.3 Å². The molecule has 0 aromatic heterocycles. The molecule has 1 unspecified atom stereocenters. The fraction of sp³-hybridized carbons (Fsp3) is 0.600. The third-order valence-corrected chi connectivity index (χ3v) is 12.2. The molecule has 1 heterocycles. The Hall–Kier alpha value is -4.41. The fourth-order valence-corrected chi connectivity index (χ4v) is 9.37. The Morgan fingerprint density at radius 2 is 1.54 bits per heavy atom. The van der Waals surface area contributed by atoms with E-state index in [0.29, 0.717) is 18.5 Å². The zero-order chi connectivity index (χ0) is 40.3. The maximum atomic E-state index is 14.1. The first kappa shape index (κ1) is 46.0. The van der Waals surface area contributed by atoms with Crippen molar-refractivity contribution in [2.24, 2.45) is 17.8 Å². The Morgan fingerprint density at radius 1 is 0.875 bits per heavy atom. The van der Waals surface area contributed by atoms with Crippen LogP contribution in [-0.2, 0) is 35.4 Å². The summed E-state index contributed by atoms with van der Waals surface area (Å²) in [5.74, 6) is -2.74. The van der Waals surface area contributed by atoms with Crippen LogP contribution in [0, 0.1) is 27.9 Å². The molecule has 16 heteroatoms. The first-order valence-corrected chi connectivity index (χ1v) is 21.1. The van der Waals surface area contributed by atoms with Crippen molar-refractivity contribution in [1.82, 2.24) is 21.3 Å². The molecule has 1 saturated carbocycles. The van der Waals surface area contributed by atoms with Gasteiger partial charge < -0.3 is 31.8 Å². The number of hydrogen-bond donors (Lipinski definition) is 5. The van der Waals surface area contributed by atoms with Gasteiger partial charge in [-0.3, -0.25) is 29.3 Å². The maximum Gasteiger partial charge on any atom is 0.270 e. The molecule has 5 atom stereocenters. The number of sulfone groups is 1. The molecule has 4 rings (SSSR count). The molecular formula is C40H59N5O10S. The van der Waals surface area contributed by atoms with Gasteiger partial charge in [0.2, 0.25) is 23.6 Å². The zero-order valence-corrected chi connectivity index (χ0v) is 33.6. The van der Waals surface area contributed by atoms with E-state index in [9.17, 15) is 42.8 Å². The topological polar surface area (TPSA) is 245 Å². The summed E-state index contributed by atoms with van der Waals surface area (Å²) in [5.41, 5.74) is 0.676. The minimum Gasteiger partial charge on any atom is -0.412 e. The van der Waals surface area contributed by atoms with E-state index in [1.807, 2.05) is 33.8 Å². The lowest BCUT2D eigenvalue weighted by atomic mass is 9.83. The second-order valence-corrected chi connectivity index (χ2v) is 18.0. The SMILES string of the molecule is CC(C)CNC(=O)C[C@H](O)[C@H](CC1CCCCC1)NC(=O)[C@H](CC(C)C)NC(=O)[C@H](Cc1ccccc1)NC(=O)CC1CS(=O)(=O)c2cc([N+](=O)[O-])ccc21.O. The van der Waals surface area contributed by atoms with Crippen molar-refractivity contribution in [1.29, 1.82) is 0 Å². The van der Waals surface area contributed by atoms with Crippen LogP contribution in [0.4, 0.5) is 5.69 Å². The molecule has 56 heavy (non-hydrogen) atoms. The summed E-state index contributed by atoms with van der Waals surface area (Å²) in [7, 11) is -3.87. The van der Waals surface area contributed by atoms with Crippen molar-refractivity contribution in [3.63, 3.8) is 0 Å². The molecule has 0 radical (unpaired) electrons. The number of nitro groups is 1. The van der Waals surface area contributed by atoms with Crippen LogP contribution in [0.15, 0.2) is 53.4 Å². The molecule has 1 fully saturated rings. The van der Waals surface area contributed by atoms with Crippen molar-refractivity contribution in [3.05, 3.63) is 69.8 Å². The Bertz CT molecular complexity index is 1770. The first-order valence-electron chi connectivity index (χ1n) is 19.4. The van der Waals surface area contributed by atoms with Gasteiger partial charge in [-0.25, -0.2) is 8.42 Å². The number of aliphatic hydroxyl groups is 1. The summed E-state index contributed by atoms with van der Waals surface area (Å²) >= 11 is 0. The second-order valence-electron chi connectivity index (χ2n) is 16.0. The molecule has 2 aromatic rings. The van der Waals surface area contributed by atoms with Crippen LogP contribution in [0.3, 0.4) is 0 Å². The average molecular weight is 802 g/mol. The van der Waals surface area contributed by atoms with Gasteiger partial charge in [0.25, 0.3) is 5.69 Å². The number of non-ortho nitro benzene ring substituents is 1. The first-order chi connectivity index (χ1) is 26.0. The van der Waals surface area contributed by atoms with Crippen LogP contribution in [0.2, 0.25) is 0 Å². The highest BCUT2D eigenvalue weighted by Crippen LogP contribution is 2.39. The number of carbonyl (C=O) groups is 4. The van der Waals surface area contributed by atoms with Gasteiger partial charge in [-0.2, -0.15) is 0 Å². The maximum absolute atomic E-state index is 14.1. The number of hydrogen-bond acceptors (Lipinski definition) is 9. The third kappa shape index (κ3) is 13.7. The largest absolute Gasteiger partial charge is 0.412 e. The molecule has 1 aliphatic heterocycles. The van der Waals surface area contributed by atoms with E-state index in [2.05, 4.69) is 21.3 Å². The minimum atomic E-state index is -3.87. The Balaban J connectivity index is 0.00000841. The number of nitro benzene ring substituents is 1. The van der Waals surface area contributed by atoms with Gasteiger partial charge in [-0.05, 0) is 41.7 Å². The summed E-state index contributed by atoms with van der Waals surface area (Å²) < 4.78 is 25.8. The molecular weight excluding hydrogens is 743 g/mol. The van der Waals surface area contributed by atoms with E-state index < -0.39 is 68.4 Å². The molecule has 2 aromatic carbocycles. The number of nitrogens with one attached hydrogen (secondary N) is 4. The molecule has 0 saturated heterocycles. The zero-order valence-electron chi connectivity index (χ0n) is 32.8. The molecule has 310 valence electrons. The molecule has 2 aliphatic rings. The standard InChI is InChI=1S/C40H57N5O9S.H2O/c1-25(2)17-33(39(49)43-32(18-27-11-7-5-8-12-27)35(46)22-37(47)41-23-26(3)4)44-40(50)34(19-28-13-9-6-10-14-28)42-38(48)20-29-24-55(53,54)36-21-30(45(51)52)15-16-31(29)36;/h6,9-10,13-16,21,25-27,29,32-35,46H,5,7-8,11-12,17-20,22-24H2,1-4H3,(H,41,47)(H,42,48)(H,43,49)(H,44,50);1H2/t29?,32-,33-,34-,35-;/m0./s1. The lowest BCUT2D eigenvalue weighted by molar-refractivity contribution is -0.385. The molecule has 1 aliphatic carbocycles. The van der Waals surface area contributed by atoms with Crippen LogP contribution >= 0.6 is 0 Å². The number of rotatable bonds is 19. The predicted octanol–water partition coefficient (Wildman–Crippen LogP) is 3.27. The third-order valence-electron chi connectivity index (χ3n) is 10.3. The Kier molecular flexibility index (Phi) is 17.4. The summed E-state index contributed by atoms with van der Waals surface area (Å²) in [5, 5.41) is 34.0. The van der Waals surface area contributed by atoms with Gasteiger partial charge in [-0.15, -0.1) is 0 Å². The summed E-state index contributed by atoms with van der Waals surface area (Å²) in [4.78, 5) is 64.7. The monoisotopic (exact) mass is 801 g/mol. The number of benzene rings is 2. The number of amides is 4. The van der Waals surface area contributed by atoms with Crippen LogP contribution in [0.1, 0.15) is 103 Å². The van der Waals surface area contributed by atoms with Crippen molar-refractivity contribution in [2.75, 3.05) is 12.3 Å². The normalized spacial score (nSPS) is 18.4. The summed E-state index contributed by atoms with van der Waals surface area (Å²) in [6, 6.07) is 9.68. The highest BCUT2D eigenvalue weighted by atomic mass is 32.2.